The third-order valence-electron chi connectivity index (χ3n) is 1.85. The zero-order chi connectivity index (χ0) is 11.4. The van der Waals surface area contributed by atoms with E-state index in [9.17, 15) is 17.6 Å². The van der Waals surface area contributed by atoms with Gasteiger partial charge in [-0.2, -0.15) is 13.2 Å². The van der Waals surface area contributed by atoms with Gasteiger partial charge in [0.2, 0.25) is 0 Å². The molecule has 0 aromatic rings. The normalized spacial score (nSPS) is 21.9. The molecule has 7 heteroatoms. The molecule has 1 fully saturated rings. The Bertz CT molecular complexity index is 193. The monoisotopic (exact) mass is 217 g/mol. The topological polar surface area (TPSA) is 40.5 Å². The van der Waals surface area contributed by atoms with Gasteiger partial charge in [0, 0.05) is 12.6 Å². The second-order valence-electron chi connectivity index (χ2n) is 2.87. The lowest BCUT2D eigenvalue weighted by molar-refractivity contribution is -0.192. The van der Waals surface area contributed by atoms with Gasteiger partial charge < -0.3 is 5.11 Å². The number of carboxylic acid groups (broad SMARTS) is 1. The number of nitrogens with zero attached hydrogens (tertiary/aromatic N) is 1. The summed E-state index contributed by atoms with van der Waals surface area (Å²) in [6, 6.07) is 0.505. The quantitative estimate of drug-likeness (QED) is 0.536. The first-order valence-electron chi connectivity index (χ1n) is 3.89. The molecule has 0 bridgehead atoms. The highest BCUT2D eigenvalue weighted by Gasteiger charge is 2.38. The zero-order valence-corrected chi connectivity index (χ0v) is 7.51. The lowest BCUT2D eigenvalue weighted by atomic mass is 10.1. The highest BCUT2D eigenvalue weighted by Crippen LogP contribution is 2.14. The van der Waals surface area contributed by atoms with Crippen molar-refractivity contribution in [2.75, 3.05) is 13.3 Å². The van der Waals surface area contributed by atoms with Crippen LogP contribution in [0.4, 0.5) is 17.6 Å². The second kappa shape index (κ2) is 5.14. The van der Waals surface area contributed by atoms with Crippen molar-refractivity contribution in [1.29, 1.82) is 0 Å². The molecule has 1 saturated heterocycles. The fourth-order valence-corrected chi connectivity index (χ4v) is 0.747. The molecule has 0 saturated carbocycles. The number of carbonyl (C=O) groups is 1. The van der Waals surface area contributed by atoms with Crippen LogP contribution in [-0.2, 0) is 4.79 Å². The average molecular weight is 217 g/mol. The first kappa shape index (κ1) is 13.2. The standard InChI is InChI=1S/C5H10FN.C2HF3O2/c1-5-2-3-7(5)4-6;3-2(4,5)1(6)7/h5H,2-4H2,1H3;(H,6,7). The van der Waals surface area contributed by atoms with E-state index in [2.05, 4.69) is 0 Å². The van der Waals surface area contributed by atoms with Crippen LogP contribution >= 0.6 is 0 Å². The van der Waals surface area contributed by atoms with Crippen molar-refractivity contribution in [2.45, 2.75) is 25.6 Å². The third kappa shape index (κ3) is 4.40. The molecular weight excluding hydrogens is 206 g/mol. The van der Waals surface area contributed by atoms with Gasteiger partial charge in [-0.1, -0.05) is 0 Å². The van der Waals surface area contributed by atoms with Crippen LogP contribution in [0.2, 0.25) is 0 Å². The Kier molecular flexibility index (Phi) is 4.82. The van der Waals surface area contributed by atoms with Gasteiger partial charge in [0.05, 0.1) is 0 Å². The molecule has 0 aliphatic carbocycles. The van der Waals surface area contributed by atoms with E-state index in [4.69, 9.17) is 9.90 Å². The summed E-state index contributed by atoms with van der Waals surface area (Å²) in [5.41, 5.74) is 0. The Morgan fingerprint density at radius 1 is 1.57 bits per heavy atom. The molecule has 1 heterocycles. The van der Waals surface area contributed by atoms with E-state index in [1.54, 1.807) is 4.90 Å². The summed E-state index contributed by atoms with van der Waals surface area (Å²) in [7, 11) is 0. The molecule has 1 rings (SSSR count). The maximum Gasteiger partial charge on any atom is 0.490 e. The lowest BCUT2D eigenvalue weighted by Crippen LogP contribution is -2.44. The van der Waals surface area contributed by atoms with Crippen LogP contribution < -0.4 is 0 Å². The lowest BCUT2D eigenvalue weighted by Gasteiger charge is -2.35. The SMILES string of the molecule is CC1CCN1CF.O=C(O)C(F)(F)F. The van der Waals surface area contributed by atoms with Gasteiger partial charge in [-0.25, -0.2) is 9.18 Å². The fourth-order valence-electron chi connectivity index (χ4n) is 0.747. The van der Waals surface area contributed by atoms with Crippen LogP contribution in [0.3, 0.4) is 0 Å². The van der Waals surface area contributed by atoms with Crippen LogP contribution in [0.1, 0.15) is 13.3 Å². The highest BCUT2D eigenvalue weighted by atomic mass is 19.4. The number of alkyl halides is 4. The van der Waals surface area contributed by atoms with Crippen molar-refractivity contribution < 1.29 is 27.5 Å². The molecule has 1 atom stereocenters. The van der Waals surface area contributed by atoms with Crippen molar-refractivity contribution in [3.63, 3.8) is 0 Å². The van der Waals surface area contributed by atoms with Gasteiger partial charge >= 0.3 is 12.1 Å². The molecule has 0 spiro atoms. The van der Waals surface area contributed by atoms with Gasteiger partial charge in [0.15, 0.2) is 0 Å². The summed E-state index contributed by atoms with van der Waals surface area (Å²) in [6.45, 7) is 2.74. The molecule has 1 aliphatic rings. The van der Waals surface area contributed by atoms with E-state index in [1.807, 2.05) is 6.92 Å². The zero-order valence-electron chi connectivity index (χ0n) is 7.51. The van der Waals surface area contributed by atoms with E-state index in [1.165, 1.54) is 6.42 Å². The summed E-state index contributed by atoms with van der Waals surface area (Å²) in [5.74, 6) is -2.76. The smallest absolute Gasteiger partial charge is 0.475 e. The van der Waals surface area contributed by atoms with Crippen LogP contribution in [0.25, 0.3) is 0 Å². The molecular formula is C7H11F4NO2. The minimum Gasteiger partial charge on any atom is -0.475 e. The summed E-state index contributed by atoms with van der Waals surface area (Å²) >= 11 is 0. The Labute approximate surface area is 78.3 Å². The number of carboxylic acids is 1. The number of aliphatic carboxylic acids is 1. The molecule has 1 N–H and O–H groups in total. The Hall–Kier alpha value is -0.850. The maximum absolute atomic E-state index is 11.6. The molecule has 0 amide bonds. The molecule has 0 radical (unpaired) electrons. The number of halogens is 4. The predicted molar refractivity (Wildman–Crippen MR) is 40.5 cm³/mol. The minimum atomic E-state index is -5.08. The number of hydrogen-bond acceptors (Lipinski definition) is 2. The molecule has 14 heavy (non-hydrogen) atoms. The fraction of sp³-hybridized carbons (Fsp3) is 0.857. The van der Waals surface area contributed by atoms with Crippen molar-refractivity contribution >= 4 is 5.97 Å². The largest absolute Gasteiger partial charge is 0.490 e. The van der Waals surface area contributed by atoms with Crippen LogP contribution in [-0.4, -0.2) is 41.5 Å². The van der Waals surface area contributed by atoms with Gasteiger partial charge in [-0.3, -0.25) is 4.90 Å². The Morgan fingerprint density at radius 2 is 2.00 bits per heavy atom. The van der Waals surface area contributed by atoms with Gasteiger partial charge in [0.25, 0.3) is 0 Å². The Balaban J connectivity index is 0.000000241. The Morgan fingerprint density at radius 3 is 2.00 bits per heavy atom. The summed E-state index contributed by atoms with van der Waals surface area (Å²) in [6.07, 6.45) is -3.91. The first-order valence-corrected chi connectivity index (χ1v) is 3.89. The van der Waals surface area contributed by atoms with E-state index in [0.717, 1.165) is 6.54 Å². The van der Waals surface area contributed by atoms with E-state index in [0.29, 0.717) is 6.04 Å². The van der Waals surface area contributed by atoms with Crippen LogP contribution in [0, 0.1) is 0 Å². The van der Waals surface area contributed by atoms with E-state index >= 15 is 0 Å². The molecule has 0 aromatic carbocycles. The van der Waals surface area contributed by atoms with Gasteiger partial charge in [-0.15, -0.1) is 0 Å². The van der Waals surface area contributed by atoms with Crippen molar-refractivity contribution in [3.8, 4) is 0 Å². The predicted octanol–water partition coefficient (Wildman–Crippen LogP) is 1.64. The summed E-state index contributed by atoms with van der Waals surface area (Å²) in [4.78, 5) is 10.7. The maximum atomic E-state index is 11.6. The number of likely N-dealkylation sites (tertiary alicyclic amines) is 1. The molecule has 1 aliphatic heterocycles. The number of hydrogen-bond donors (Lipinski definition) is 1. The van der Waals surface area contributed by atoms with Crippen molar-refractivity contribution in [2.24, 2.45) is 0 Å². The van der Waals surface area contributed by atoms with E-state index < -0.39 is 12.1 Å². The minimum absolute atomic E-state index is 0.263. The van der Waals surface area contributed by atoms with Crippen LogP contribution in [0.15, 0.2) is 0 Å². The molecule has 3 nitrogen and oxygen atoms in total. The van der Waals surface area contributed by atoms with E-state index in [-0.39, 0.29) is 6.80 Å². The first-order chi connectivity index (χ1) is 6.29. The molecule has 1 unspecified atom stereocenters. The summed E-state index contributed by atoms with van der Waals surface area (Å²) < 4.78 is 43.4. The van der Waals surface area contributed by atoms with Crippen LogP contribution in [0.5, 0.6) is 0 Å². The van der Waals surface area contributed by atoms with Crippen molar-refractivity contribution in [3.05, 3.63) is 0 Å². The average Bonchev–Trinajstić information content (AvgIpc) is 2.02. The third-order valence-corrected chi connectivity index (χ3v) is 1.85. The summed E-state index contributed by atoms with van der Waals surface area (Å²) in [5, 5.41) is 7.12. The number of rotatable bonds is 1. The second-order valence-corrected chi connectivity index (χ2v) is 2.87. The molecule has 84 valence electrons. The van der Waals surface area contributed by atoms with Crippen molar-refractivity contribution in [1.82, 2.24) is 4.90 Å². The molecule has 0 aromatic heterocycles. The van der Waals surface area contributed by atoms with Gasteiger partial charge in [-0.05, 0) is 13.3 Å². The van der Waals surface area contributed by atoms with Gasteiger partial charge in [0.1, 0.15) is 6.80 Å². The highest BCUT2D eigenvalue weighted by molar-refractivity contribution is 5.73.